The van der Waals surface area contributed by atoms with Crippen LogP contribution in [0.15, 0.2) is 18.2 Å². The second kappa shape index (κ2) is 9.11. The minimum atomic E-state index is -0.628. The predicted octanol–water partition coefficient (Wildman–Crippen LogP) is 5.19. The van der Waals surface area contributed by atoms with Gasteiger partial charge in [0.05, 0.1) is 33.5 Å². The fourth-order valence-electron chi connectivity index (χ4n) is 2.80. The van der Waals surface area contributed by atoms with Crippen LogP contribution in [0.3, 0.4) is 0 Å². The van der Waals surface area contributed by atoms with Crippen LogP contribution in [0, 0.1) is 0 Å². The van der Waals surface area contributed by atoms with Gasteiger partial charge in [-0.05, 0) is 33.8 Å². The smallest absolute Gasteiger partial charge is 0.412 e. The fourth-order valence-corrected chi connectivity index (χ4v) is 5.44. The summed E-state index contributed by atoms with van der Waals surface area (Å²) in [5, 5.41) is 3.62. The van der Waals surface area contributed by atoms with E-state index in [0.29, 0.717) is 10.4 Å². The van der Waals surface area contributed by atoms with Gasteiger partial charge in [0.2, 0.25) is 0 Å². The summed E-state index contributed by atoms with van der Waals surface area (Å²) >= 11 is 2.55. The number of carbonyl (C=O) groups is 3. The van der Waals surface area contributed by atoms with Crippen LogP contribution in [0.1, 0.15) is 37.4 Å². The van der Waals surface area contributed by atoms with Gasteiger partial charge in [0, 0.05) is 5.39 Å². The summed E-state index contributed by atoms with van der Waals surface area (Å²) in [5.74, 6) is -0.821. The number of ether oxygens (including phenoxy) is 4. The molecule has 0 fully saturated rings. The van der Waals surface area contributed by atoms with Crippen molar-refractivity contribution in [2.45, 2.75) is 33.3 Å². The number of hydrogen-bond donors (Lipinski definition) is 1. The molecule has 0 spiro atoms. The number of fused-ring (bicyclic) bond motifs is 3. The zero-order valence-electron chi connectivity index (χ0n) is 17.8. The van der Waals surface area contributed by atoms with E-state index in [1.54, 1.807) is 39.8 Å². The molecular formula is C21H23NO7S2. The maximum absolute atomic E-state index is 12.3. The average Bonchev–Trinajstić information content (AvgIpc) is 3.21. The first-order valence-electron chi connectivity index (χ1n) is 9.49. The Balaban J connectivity index is 2.04. The monoisotopic (exact) mass is 465 g/mol. The lowest BCUT2D eigenvalue weighted by atomic mass is 10.2. The van der Waals surface area contributed by atoms with Gasteiger partial charge in [-0.25, -0.2) is 14.4 Å². The topological polar surface area (TPSA) is 100 Å². The molecule has 0 unspecified atom stereocenters. The third kappa shape index (κ3) is 5.08. The van der Waals surface area contributed by atoms with Crippen LogP contribution in [0.5, 0.6) is 5.75 Å². The number of esters is 2. The molecule has 3 aromatic rings. The van der Waals surface area contributed by atoms with Crippen LogP contribution < -0.4 is 10.1 Å². The Morgan fingerprint density at radius 1 is 1.06 bits per heavy atom. The number of thiophene rings is 2. The molecule has 0 aliphatic heterocycles. The molecule has 0 aliphatic rings. The van der Waals surface area contributed by atoms with Crippen LogP contribution in [0.4, 0.5) is 10.5 Å². The second-order valence-corrected chi connectivity index (χ2v) is 9.46. The molecule has 0 saturated heterocycles. The number of nitrogens with one attached hydrogen (secondary N) is 1. The van der Waals surface area contributed by atoms with E-state index in [4.69, 9.17) is 18.9 Å². The van der Waals surface area contributed by atoms with Crippen molar-refractivity contribution in [2.75, 3.05) is 25.6 Å². The third-order valence-electron chi connectivity index (χ3n) is 3.93. The Hall–Kier alpha value is -2.85. The first-order chi connectivity index (χ1) is 14.6. The number of methoxy groups -OCH3 is 1. The Morgan fingerprint density at radius 3 is 2.45 bits per heavy atom. The summed E-state index contributed by atoms with van der Waals surface area (Å²) in [6.07, 6.45) is -0.564. The molecule has 166 valence electrons. The molecule has 2 aromatic heterocycles. The maximum atomic E-state index is 12.3. The molecule has 8 nitrogen and oxygen atoms in total. The van der Waals surface area contributed by atoms with Gasteiger partial charge >= 0.3 is 18.0 Å². The van der Waals surface area contributed by atoms with Crippen molar-refractivity contribution in [3.63, 3.8) is 0 Å². The fraction of sp³-hybridized carbons (Fsp3) is 0.381. The first kappa shape index (κ1) is 22.8. The number of benzene rings is 1. The van der Waals surface area contributed by atoms with E-state index >= 15 is 0 Å². The van der Waals surface area contributed by atoms with Gasteiger partial charge in [0.25, 0.3) is 0 Å². The molecule has 1 aromatic carbocycles. The van der Waals surface area contributed by atoms with Gasteiger partial charge in [-0.1, -0.05) is 12.1 Å². The van der Waals surface area contributed by atoms with Gasteiger partial charge in [0.1, 0.15) is 5.60 Å². The van der Waals surface area contributed by atoms with E-state index < -0.39 is 23.6 Å². The molecule has 1 N–H and O–H groups in total. The van der Waals surface area contributed by atoms with Gasteiger partial charge in [0.15, 0.2) is 17.2 Å². The first-order valence-corrected chi connectivity index (χ1v) is 11.1. The molecule has 0 atom stereocenters. The maximum Gasteiger partial charge on any atom is 0.412 e. The molecule has 0 aliphatic carbocycles. The lowest BCUT2D eigenvalue weighted by Gasteiger charge is -2.19. The number of hydrogen-bond acceptors (Lipinski definition) is 9. The lowest BCUT2D eigenvalue weighted by Crippen LogP contribution is -2.27. The van der Waals surface area contributed by atoms with Crippen molar-refractivity contribution in [2.24, 2.45) is 0 Å². The van der Waals surface area contributed by atoms with Crippen molar-refractivity contribution in [1.82, 2.24) is 0 Å². The quantitative estimate of drug-likeness (QED) is 0.395. The molecule has 0 radical (unpaired) electrons. The summed E-state index contributed by atoms with van der Waals surface area (Å²) in [5.41, 5.74) is -0.0479. The van der Waals surface area contributed by atoms with Crippen molar-refractivity contribution in [1.29, 1.82) is 0 Å². The van der Waals surface area contributed by atoms with Crippen molar-refractivity contribution in [3.8, 4) is 5.75 Å². The summed E-state index contributed by atoms with van der Waals surface area (Å²) in [6, 6.07) is 5.46. The molecule has 31 heavy (non-hydrogen) atoms. The lowest BCUT2D eigenvalue weighted by molar-refractivity contribution is -0.145. The predicted molar refractivity (Wildman–Crippen MR) is 121 cm³/mol. The zero-order valence-corrected chi connectivity index (χ0v) is 19.5. The Kier molecular flexibility index (Phi) is 6.71. The zero-order chi connectivity index (χ0) is 22.8. The summed E-state index contributed by atoms with van der Waals surface area (Å²) in [4.78, 5) is 36.6. The summed E-state index contributed by atoms with van der Waals surface area (Å²) in [6.45, 7) is 6.96. The van der Waals surface area contributed by atoms with Crippen molar-refractivity contribution < 1.29 is 33.3 Å². The van der Waals surface area contributed by atoms with Crippen LogP contribution in [-0.2, 0) is 19.0 Å². The summed E-state index contributed by atoms with van der Waals surface area (Å²) in [7, 11) is 1.28. The number of amides is 1. The molecule has 3 rings (SSSR count). The van der Waals surface area contributed by atoms with E-state index in [1.165, 1.54) is 29.8 Å². The normalized spacial score (nSPS) is 11.4. The largest absolute Gasteiger partial charge is 0.479 e. The number of anilines is 1. The van der Waals surface area contributed by atoms with Crippen molar-refractivity contribution in [3.05, 3.63) is 23.1 Å². The van der Waals surface area contributed by atoms with Crippen molar-refractivity contribution >= 4 is 65.9 Å². The van der Waals surface area contributed by atoms with E-state index in [1.807, 2.05) is 6.07 Å². The third-order valence-corrected chi connectivity index (χ3v) is 6.48. The molecule has 1 amide bonds. The Labute approximate surface area is 187 Å². The average molecular weight is 466 g/mol. The van der Waals surface area contributed by atoms with E-state index in [0.717, 1.165) is 14.8 Å². The highest BCUT2D eigenvalue weighted by Gasteiger charge is 2.26. The number of carbonyl (C=O) groups excluding carboxylic acids is 3. The summed E-state index contributed by atoms with van der Waals surface area (Å²) < 4.78 is 23.1. The van der Waals surface area contributed by atoms with Gasteiger partial charge < -0.3 is 18.9 Å². The van der Waals surface area contributed by atoms with Gasteiger partial charge in [-0.3, -0.25) is 5.32 Å². The molecule has 0 bridgehead atoms. The van der Waals surface area contributed by atoms with Crippen LogP contribution in [0.2, 0.25) is 0 Å². The highest BCUT2D eigenvalue weighted by Crippen LogP contribution is 2.49. The molecule has 10 heteroatoms. The molecule has 2 heterocycles. The minimum Gasteiger partial charge on any atom is -0.479 e. The van der Waals surface area contributed by atoms with Crippen LogP contribution >= 0.6 is 22.7 Å². The Morgan fingerprint density at radius 2 is 1.81 bits per heavy atom. The van der Waals surface area contributed by atoms with E-state index in [9.17, 15) is 14.4 Å². The van der Waals surface area contributed by atoms with Gasteiger partial charge in [-0.15, -0.1) is 22.7 Å². The minimum absolute atomic E-state index is 0.230. The van der Waals surface area contributed by atoms with E-state index in [-0.39, 0.29) is 23.8 Å². The van der Waals surface area contributed by atoms with Gasteiger partial charge in [-0.2, -0.15) is 0 Å². The highest BCUT2D eigenvalue weighted by atomic mass is 32.1. The number of rotatable bonds is 6. The second-order valence-electron chi connectivity index (χ2n) is 7.42. The van der Waals surface area contributed by atoms with Crippen LogP contribution in [0.25, 0.3) is 19.5 Å². The van der Waals surface area contributed by atoms with E-state index in [2.05, 4.69) is 5.32 Å². The highest BCUT2D eigenvalue weighted by molar-refractivity contribution is 7.34. The molecular weight excluding hydrogens is 442 g/mol. The Bertz CT molecular complexity index is 1140. The SMILES string of the molecule is CCOC(=O)COc1c(C(=O)OC)sc2c1sc1c(NC(=O)OC(C)(C)C)cccc12. The standard InChI is InChI=1S/C21H23NO7S2/c1-6-27-13(23)10-28-14-17-16(31-18(14)19(24)26-5)11-8-7-9-12(15(11)30-17)22-20(25)29-21(2,3)4/h7-9H,6,10H2,1-5H3,(H,22,25). The molecule has 0 saturated carbocycles. The van der Waals surface area contributed by atoms with Crippen LogP contribution in [-0.4, -0.2) is 44.0 Å².